The predicted octanol–water partition coefficient (Wildman–Crippen LogP) is 10.6. The van der Waals surface area contributed by atoms with Crippen molar-refractivity contribution in [2.75, 3.05) is 20.2 Å². The van der Waals surface area contributed by atoms with Crippen LogP contribution in [0.15, 0.2) is 47.1 Å². The molecule has 12 heteroatoms. The number of carbonyl (C=O) groups is 2. The molecule has 1 saturated heterocycles. The van der Waals surface area contributed by atoms with Crippen molar-refractivity contribution in [3.63, 3.8) is 0 Å². The van der Waals surface area contributed by atoms with Gasteiger partial charge in [0.05, 0.1) is 44.2 Å². The van der Waals surface area contributed by atoms with Crippen molar-refractivity contribution >= 4 is 51.1 Å². The van der Waals surface area contributed by atoms with Gasteiger partial charge in [0.15, 0.2) is 16.6 Å². The SMILES string of the molecule is C=CCN(CC[C@H](O[Si](C)(C)C(C)(C)C)[C@@H]1C[C@H](O[Si](C)(C)C(C)(C)C)[C@H]([C@@H](C)CC(=O)C[C@H](C)[C@@H](/C=C/I)OCc2ccc(OC)cc2)O1)C(=O)O. The summed E-state index contributed by atoms with van der Waals surface area (Å²) in [6, 6.07) is 7.82. The van der Waals surface area contributed by atoms with Gasteiger partial charge >= 0.3 is 6.09 Å². The first-order valence-electron chi connectivity index (χ1n) is 19.1. The molecule has 1 aromatic carbocycles. The summed E-state index contributed by atoms with van der Waals surface area (Å²) in [7, 11) is -2.84. The maximum absolute atomic E-state index is 13.8. The van der Waals surface area contributed by atoms with E-state index in [0.29, 0.717) is 38.8 Å². The van der Waals surface area contributed by atoms with Gasteiger partial charge in [-0.2, -0.15) is 0 Å². The third-order valence-electron chi connectivity index (χ3n) is 11.5. The molecular weight excluding hydrogens is 818 g/mol. The van der Waals surface area contributed by atoms with Gasteiger partial charge in [-0.3, -0.25) is 4.79 Å². The van der Waals surface area contributed by atoms with Crippen LogP contribution in [-0.4, -0.2) is 89.2 Å². The molecule has 0 spiro atoms. The highest BCUT2D eigenvalue weighted by molar-refractivity contribution is 14.1. The number of hydrogen-bond acceptors (Lipinski definition) is 7. The van der Waals surface area contributed by atoms with E-state index in [1.807, 2.05) is 34.4 Å². The van der Waals surface area contributed by atoms with Crippen molar-refractivity contribution in [3.05, 3.63) is 52.6 Å². The number of ketones is 1. The van der Waals surface area contributed by atoms with Crippen molar-refractivity contribution in [1.82, 2.24) is 4.90 Å². The second-order valence-corrected chi connectivity index (χ2v) is 28.1. The van der Waals surface area contributed by atoms with Crippen molar-refractivity contribution in [1.29, 1.82) is 0 Å². The van der Waals surface area contributed by atoms with Gasteiger partial charge in [0.25, 0.3) is 0 Å². The number of halogens is 1. The lowest BCUT2D eigenvalue weighted by Crippen LogP contribution is -2.48. The molecule has 0 saturated carbocycles. The van der Waals surface area contributed by atoms with E-state index in [0.717, 1.165) is 11.3 Å². The Balaban J connectivity index is 2.31. The summed E-state index contributed by atoms with van der Waals surface area (Å²) in [4.78, 5) is 27.2. The molecule has 7 atom stereocenters. The number of methoxy groups -OCH3 is 1. The van der Waals surface area contributed by atoms with Crippen LogP contribution >= 0.6 is 22.6 Å². The highest BCUT2D eigenvalue weighted by Gasteiger charge is 2.50. The Kier molecular flexibility index (Phi) is 18.5. The average Bonchev–Trinajstić information content (AvgIpc) is 3.46. The Labute approximate surface area is 337 Å². The van der Waals surface area contributed by atoms with E-state index in [9.17, 15) is 14.7 Å². The second-order valence-electron chi connectivity index (χ2n) is 17.9. The van der Waals surface area contributed by atoms with E-state index in [1.165, 1.54) is 4.90 Å². The lowest BCUT2D eigenvalue weighted by Gasteiger charge is -2.41. The fraction of sp³-hybridized carbons (Fsp3) is 0.707. The maximum Gasteiger partial charge on any atom is 0.407 e. The van der Waals surface area contributed by atoms with Crippen LogP contribution in [0.2, 0.25) is 36.3 Å². The van der Waals surface area contributed by atoms with Gasteiger partial charge in [0.1, 0.15) is 11.5 Å². The molecule has 1 aliphatic rings. The molecule has 9 nitrogen and oxygen atoms in total. The second kappa shape index (κ2) is 20.6. The minimum atomic E-state index is -2.27. The van der Waals surface area contributed by atoms with Crippen LogP contribution in [0, 0.1) is 11.8 Å². The molecule has 302 valence electrons. The summed E-state index contributed by atoms with van der Waals surface area (Å²) >= 11 is 2.20. The zero-order valence-corrected chi connectivity index (χ0v) is 39.0. The fourth-order valence-corrected chi connectivity index (χ4v) is 9.26. The molecular formula is C41H70INO8Si2. The van der Waals surface area contributed by atoms with Gasteiger partial charge in [-0.25, -0.2) is 4.79 Å². The first kappa shape index (κ1) is 47.6. The molecule has 1 heterocycles. The molecule has 1 amide bonds. The van der Waals surface area contributed by atoms with Crippen molar-refractivity contribution in [3.8, 4) is 5.75 Å². The lowest BCUT2D eigenvalue weighted by molar-refractivity contribution is -0.124. The van der Waals surface area contributed by atoms with Gasteiger partial charge in [-0.1, -0.05) is 96.2 Å². The zero-order valence-electron chi connectivity index (χ0n) is 34.9. The molecule has 0 radical (unpaired) electrons. The highest BCUT2D eigenvalue weighted by atomic mass is 127. The Morgan fingerprint density at radius 3 is 2.15 bits per heavy atom. The normalized spacial score (nSPS) is 20.9. The van der Waals surface area contributed by atoms with Crippen LogP contribution in [0.25, 0.3) is 0 Å². The third kappa shape index (κ3) is 14.5. The third-order valence-corrected chi connectivity index (χ3v) is 20.9. The molecule has 0 unspecified atom stereocenters. The number of rotatable bonds is 21. The summed E-state index contributed by atoms with van der Waals surface area (Å²) in [5, 5.41) is 9.80. The number of Topliss-reactive ketones (excluding diaryl/α,β-unsaturated/α-hetero) is 1. The summed E-state index contributed by atoms with van der Waals surface area (Å²) in [6.45, 7) is 31.2. The molecule has 1 aliphatic heterocycles. The van der Waals surface area contributed by atoms with Gasteiger partial charge in [-0.05, 0) is 82.4 Å². The van der Waals surface area contributed by atoms with E-state index in [1.54, 1.807) is 13.2 Å². The van der Waals surface area contributed by atoms with Gasteiger partial charge in [0, 0.05) is 32.4 Å². The molecule has 0 aromatic heterocycles. The summed E-state index contributed by atoms with van der Waals surface area (Å²) < 4.78 is 34.7. The molecule has 1 aromatic rings. The molecule has 2 rings (SSSR count). The number of carbonyl (C=O) groups excluding carboxylic acids is 1. The van der Waals surface area contributed by atoms with Gasteiger partial charge in [-0.15, -0.1) is 6.58 Å². The number of hydrogen-bond donors (Lipinski definition) is 1. The van der Waals surface area contributed by atoms with Crippen molar-refractivity contribution in [2.24, 2.45) is 11.8 Å². The fourth-order valence-electron chi connectivity index (χ4n) is 6.13. The summed E-state index contributed by atoms with van der Waals surface area (Å²) in [6.07, 6.45) is 3.14. The number of ether oxygens (including phenoxy) is 3. The summed E-state index contributed by atoms with van der Waals surface area (Å²) in [5.74, 6) is 0.842. The number of carboxylic acid groups (broad SMARTS) is 1. The minimum Gasteiger partial charge on any atom is -0.497 e. The van der Waals surface area contributed by atoms with Crippen LogP contribution in [0.3, 0.4) is 0 Å². The Morgan fingerprint density at radius 2 is 1.64 bits per heavy atom. The van der Waals surface area contributed by atoms with Crippen molar-refractivity contribution < 1.29 is 37.8 Å². The minimum absolute atomic E-state index is 0.0130. The largest absolute Gasteiger partial charge is 0.497 e. The average molecular weight is 888 g/mol. The Morgan fingerprint density at radius 1 is 1.04 bits per heavy atom. The summed E-state index contributed by atoms with van der Waals surface area (Å²) in [5.41, 5.74) is 1.04. The maximum atomic E-state index is 13.8. The predicted molar refractivity (Wildman–Crippen MR) is 229 cm³/mol. The van der Waals surface area contributed by atoms with Crippen LogP contribution in [0.4, 0.5) is 4.79 Å². The quantitative estimate of drug-likeness (QED) is 0.0740. The van der Waals surface area contributed by atoms with Crippen molar-refractivity contribution in [2.45, 2.75) is 154 Å². The molecule has 0 aliphatic carbocycles. The topological polar surface area (TPSA) is 104 Å². The smallest absolute Gasteiger partial charge is 0.407 e. The molecule has 1 fully saturated rings. The van der Waals surface area contributed by atoms with Crippen LogP contribution < -0.4 is 4.74 Å². The molecule has 53 heavy (non-hydrogen) atoms. The van der Waals surface area contributed by atoms with E-state index >= 15 is 0 Å². The van der Waals surface area contributed by atoms with Gasteiger partial charge < -0.3 is 33.1 Å². The number of benzene rings is 1. The van der Waals surface area contributed by atoms with E-state index in [-0.39, 0.29) is 64.8 Å². The highest BCUT2D eigenvalue weighted by Crippen LogP contribution is 2.44. The van der Waals surface area contributed by atoms with Crippen LogP contribution in [0.1, 0.15) is 86.6 Å². The van der Waals surface area contributed by atoms with E-state index < -0.39 is 22.7 Å². The number of amides is 1. The standard InChI is InChI=1S/C41H70INO8Si2/c1-15-23-43(39(45)46)24-21-35(50-52(11,12)40(4,5)6)36-27-37(51-53(13,14)41(7,8)9)38(49-36)30(3)26-32(44)25-29(2)34(20-22-42)48-28-31-16-18-33(47-10)19-17-31/h15-20,22,29-30,34-38H,1,21,23-28H2,2-14H3,(H,45,46)/b22-20+/t29-,30-,34+,35-,36-,37-,38-/m0/s1. The van der Waals surface area contributed by atoms with Crippen LogP contribution in [0.5, 0.6) is 5.75 Å². The lowest BCUT2D eigenvalue weighted by atomic mass is 9.89. The monoisotopic (exact) mass is 887 g/mol. The number of nitrogens with zero attached hydrogens (tertiary/aromatic N) is 1. The molecule has 0 bridgehead atoms. The molecule has 1 N–H and O–H groups in total. The van der Waals surface area contributed by atoms with Gasteiger partial charge in [0.2, 0.25) is 0 Å². The van der Waals surface area contributed by atoms with E-state index in [2.05, 4.69) is 111 Å². The van der Waals surface area contributed by atoms with E-state index in [4.69, 9.17) is 23.1 Å². The van der Waals surface area contributed by atoms with Crippen LogP contribution in [-0.2, 0) is 29.7 Å². The first-order valence-corrected chi connectivity index (χ1v) is 26.2. The zero-order chi connectivity index (χ0) is 40.4. The Bertz CT molecular complexity index is 1340. The Hall–Kier alpha value is -1.56. The first-order chi connectivity index (χ1) is 24.5.